The van der Waals surface area contributed by atoms with Crippen LogP contribution in [0.5, 0.6) is 0 Å². The molecule has 10 heteroatoms. The summed E-state index contributed by atoms with van der Waals surface area (Å²) in [5.41, 5.74) is 6.70. The van der Waals surface area contributed by atoms with E-state index in [1.165, 1.54) is 24.4 Å². The molecule has 1 saturated heterocycles. The molecule has 0 aromatic carbocycles. The van der Waals surface area contributed by atoms with Gasteiger partial charge in [0.15, 0.2) is 28.6 Å². The van der Waals surface area contributed by atoms with Gasteiger partial charge < -0.3 is 25.5 Å². The van der Waals surface area contributed by atoms with Crippen LogP contribution < -0.4 is 5.73 Å². The topological polar surface area (TPSA) is 143 Å². The minimum Gasteiger partial charge on any atom is -0.461 e. The Kier molecular flexibility index (Phi) is 3.68. The zero-order chi connectivity index (χ0) is 16.8. The predicted molar refractivity (Wildman–Crippen MR) is 87.0 cm³/mol. The molecule has 0 saturated carbocycles. The van der Waals surface area contributed by atoms with Gasteiger partial charge in [0.05, 0.1) is 24.2 Å². The summed E-state index contributed by atoms with van der Waals surface area (Å²) in [7, 11) is 0. The molecule has 4 rings (SSSR count). The second-order valence-electron chi connectivity index (χ2n) is 5.44. The van der Waals surface area contributed by atoms with E-state index in [4.69, 9.17) is 10.2 Å². The van der Waals surface area contributed by atoms with Crippen molar-refractivity contribution in [1.82, 2.24) is 19.5 Å². The highest BCUT2D eigenvalue weighted by Gasteiger charge is 2.44. The Hall–Kier alpha value is -2.14. The monoisotopic (exact) mass is 349 g/mol. The van der Waals surface area contributed by atoms with Crippen molar-refractivity contribution in [2.75, 3.05) is 12.3 Å². The number of furan rings is 1. The van der Waals surface area contributed by atoms with Gasteiger partial charge in [-0.3, -0.25) is 4.57 Å². The summed E-state index contributed by atoms with van der Waals surface area (Å²) in [4.78, 5) is 12.6. The Labute approximate surface area is 140 Å². The van der Waals surface area contributed by atoms with Crippen molar-refractivity contribution < 1.29 is 19.7 Å². The maximum absolute atomic E-state index is 10.4. The van der Waals surface area contributed by atoms with Gasteiger partial charge in [0.2, 0.25) is 0 Å². The van der Waals surface area contributed by atoms with Crippen LogP contribution in [0, 0.1) is 0 Å². The first kappa shape index (κ1) is 15.4. The lowest BCUT2D eigenvalue weighted by Gasteiger charge is -2.19. The first-order valence-corrected chi connectivity index (χ1v) is 8.21. The fraction of sp³-hybridized carbons (Fsp3) is 0.357. The summed E-state index contributed by atoms with van der Waals surface area (Å²) in [6.45, 7) is -0.251. The van der Waals surface area contributed by atoms with Crippen LogP contribution in [-0.2, 0) is 0 Å². The first-order chi connectivity index (χ1) is 11.6. The summed E-state index contributed by atoms with van der Waals surface area (Å²) < 4.78 is 7.10. The molecule has 3 aromatic rings. The van der Waals surface area contributed by atoms with Crippen molar-refractivity contribution in [3.05, 3.63) is 24.7 Å². The molecule has 1 aliphatic rings. The molecule has 0 aliphatic carbocycles. The number of imidazole rings is 1. The van der Waals surface area contributed by atoms with Gasteiger partial charge in [-0.05, 0) is 12.1 Å². The second kappa shape index (κ2) is 5.74. The van der Waals surface area contributed by atoms with Crippen LogP contribution in [0.3, 0.4) is 0 Å². The van der Waals surface area contributed by atoms with Gasteiger partial charge in [0.25, 0.3) is 0 Å². The number of nitrogens with zero attached hydrogens (tertiary/aromatic N) is 4. The molecule has 4 atom stereocenters. The van der Waals surface area contributed by atoms with Crippen LogP contribution in [0.15, 0.2) is 29.1 Å². The van der Waals surface area contributed by atoms with Gasteiger partial charge in [-0.15, -0.1) is 11.8 Å². The molecule has 5 N–H and O–H groups in total. The predicted octanol–water partition coefficient (Wildman–Crippen LogP) is -0.00340. The number of nitrogen functional groups attached to an aromatic ring is 1. The Bertz CT molecular complexity index is 868. The van der Waals surface area contributed by atoms with Crippen molar-refractivity contribution in [3.8, 4) is 11.6 Å². The van der Waals surface area contributed by atoms with Gasteiger partial charge in [0.1, 0.15) is 17.8 Å². The fourth-order valence-corrected chi connectivity index (χ4v) is 4.25. The number of aliphatic hydroxyl groups excluding tert-OH is 3. The van der Waals surface area contributed by atoms with Crippen molar-refractivity contribution in [2.45, 2.75) is 22.8 Å². The zero-order valence-corrected chi connectivity index (χ0v) is 13.2. The molecule has 1 aliphatic heterocycles. The largest absolute Gasteiger partial charge is 0.461 e. The van der Waals surface area contributed by atoms with E-state index < -0.39 is 22.8 Å². The quantitative estimate of drug-likeness (QED) is 0.513. The van der Waals surface area contributed by atoms with Crippen LogP contribution in [0.25, 0.3) is 22.7 Å². The summed E-state index contributed by atoms with van der Waals surface area (Å²) >= 11 is 1.25. The second-order valence-corrected chi connectivity index (χ2v) is 6.80. The van der Waals surface area contributed by atoms with E-state index in [0.717, 1.165) is 0 Å². The average Bonchev–Trinajstić information content (AvgIpc) is 3.27. The van der Waals surface area contributed by atoms with Crippen molar-refractivity contribution in [3.63, 3.8) is 0 Å². The molecular weight excluding hydrogens is 334 g/mol. The lowest BCUT2D eigenvalue weighted by Crippen LogP contribution is -2.33. The average molecular weight is 349 g/mol. The van der Waals surface area contributed by atoms with Crippen molar-refractivity contribution in [2.24, 2.45) is 0 Å². The van der Waals surface area contributed by atoms with Crippen LogP contribution in [0.1, 0.15) is 5.37 Å². The molecule has 1 fully saturated rings. The minimum absolute atomic E-state index is 0.211. The van der Waals surface area contributed by atoms with Gasteiger partial charge in [0, 0.05) is 0 Å². The first-order valence-electron chi connectivity index (χ1n) is 7.26. The van der Waals surface area contributed by atoms with E-state index in [9.17, 15) is 15.3 Å². The third-order valence-electron chi connectivity index (χ3n) is 4.02. The molecule has 0 spiro atoms. The Morgan fingerprint density at radius 1 is 1.29 bits per heavy atom. The van der Waals surface area contributed by atoms with Crippen LogP contribution >= 0.6 is 11.8 Å². The zero-order valence-electron chi connectivity index (χ0n) is 12.4. The molecule has 0 amide bonds. The molecule has 0 radical (unpaired) electrons. The van der Waals surface area contributed by atoms with Crippen molar-refractivity contribution >= 4 is 28.7 Å². The number of aromatic nitrogens is 4. The highest BCUT2D eigenvalue weighted by molar-refractivity contribution is 8.00. The number of rotatable bonds is 3. The number of hydrogen-bond donors (Lipinski definition) is 4. The summed E-state index contributed by atoms with van der Waals surface area (Å²) in [5.74, 6) is 1.11. The maximum atomic E-state index is 10.4. The SMILES string of the molecule is Nc1ncnc2c1nc(-c1ccco1)n2[C@@H]1S[C@H](CO)[C@@H](O)[C@H]1O. The molecule has 0 bridgehead atoms. The van der Waals surface area contributed by atoms with Crippen LogP contribution in [0.2, 0.25) is 0 Å². The number of anilines is 1. The molecule has 24 heavy (non-hydrogen) atoms. The summed E-state index contributed by atoms with van der Waals surface area (Å²) in [5, 5.41) is 28.9. The third-order valence-corrected chi connectivity index (χ3v) is 5.56. The fourth-order valence-electron chi connectivity index (χ4n) is 2.84. The highest BCUT2D eigenvalue weighted by Crippen LogP contribution is 2.45. The molecular formula is C14H15N5O4S. The lowest BCUT2D eigenvalue weighted by atomic mass is 10.1. The van der Waals surface area contributed by atoms with E-state index in [0.29, 0.717) is 22.7 Å². The van der Waals surface area contributed by atoms with Gasteiger partial charge in [-0.1, -0.05) is 0 Å². The van der Waals surface area contributed by atoms with Crippen LogP contribution in [0.4, 0.5) is 5.82 Å². The molecule has 3 aromatic heterocycles. The number of hydrogen-bond acceptors (Lipinski definition) is 9. The normalized spacial score (nSPS) is 27.1. The Morgan fingerprint density at radius 3 is 2.79 bits per heavy atom. The van der Waals surface area contributed by atoms with E-state index >= 15 is 0 Å². The van der Waals surface area contributed by atoms with E-state index in [1.807, 2.05) is 0 Å². The molecule has 126 valence electrons. The smallest absolute Gasteiger partial charge is 0.179 e. The van der Waals surface area contributed by atoms with Gasteiger partial charge in [-0.25, -0.2) is 15.0 Å². The van der Waals surface area contributed by atoms with Crippen LogP contribution in [-0.4, -0.2) is 58.9 Å². The van der Waals surface area contributed by atoms with E-state index in [-0.39, 0.29) is 12.4 Å². The number of fused-ring (bicyclic) bond motifs is 1. The van der Waals surface area contributed by atoms with E-state index in [1.54, 1.807) is 16.7 Å². The van der Waals surface area contributed by atoms with E-state index in [2.05, 4.69) is 15.0 Å². The Balaban J connectivity index is 1.94. The number of thioether (sulfide) groups is 1. The molecule has 4 heterocycles. The van der Waals surface area contributed by atoms with Gasteiger partial charge >= 0.3 is 0 Å². The summed E-state index contributed by atoms with van der Waals surface area (Å²) in [6.07, 6.45) is 0.659. The summed E-state index contributed by atoms with van der Waals surface area (Å²) in [6, 6.07) is 3.45. The maximum Gasteiger partial charge on any atom is 0.179 e. The minimum atomic E-state index is -1.10. The Morgan fingerprint density at radius 2 is 2.12 bits per heavy atom. The van der Waals surface area contributed by atoms with Crippen molar-refractivity contribution in [1.29, 1.82) is 0 Å². The number of nitrogens with two attached hydrogens (primary N) is 1. The highest BCUT2D eigenvalue weighted by atomic mass is 32.2. The van der Waals surface area contributed by atoms with Gasteiger partial charge in [-0.2, -0.15) is 0 Å². The molecule has 0 unspecified atom stereocenters. The standard InChI is InChI=1S/C14H15N5O4S/c15-11-8-13(17-5-16-11)19(12(18-8)6-2-1-3-23-6)14-10(22)9(21)7(4-20)24-14/h1-3,5,7,9-10,14,20-22H,4H2,(H2,15,16,17)/t7-,9-,10-,14-/m1/s1. The lowest BCUT2D eigenvalue weighted by molar-refractivity contribution is 0.0114. The number of aliphatic hydroxyl groups is 3. The molecule has 9 nitrogen and oxygen atoms in total. The third kappa shape index (κ3) is 2.18.